The van der Waals surface area contributed by atoms with E-state index in [1.807, 2.05) is 19.1 Å². The van der Waals surface area contributed by atoms with Crippen LogP contribution in [0.25, 0.3) is 10.2 Å². The monoisotopic (exact) mass is 265 g/mol. The number of methoxy groups -OCH3 is 1. The van der Waals surface area contributed by atoms with Gasteiger partial charge in [-0.1, -0.05) is 0 Å². The van der Waals surface area contributed by atoms with Gasteiger partial charge in [-0.3, -0.25) is 4.79 Å². The van der Waals surface area contributed by atoms with Crippen LogP contribution in [0.3, 0.4) is 0 Å². The molecule has 6 heteroatoms. The fourth-order valence-corrected chi connectivity index (χ4v) is 2.66. The summed E-state index contributed by atoms with van der Waals surface area (Å²) in [4.78, 5) is 17.6. The molecule has 0 fully saturated rings. The average Bonchev–Trinajstić information content (AvgIpc) is 2.66. The maximum absolute atomic E-state index is 11.9. The number of carbonyl (C=O) groups is 1. The van der Waals surface area contributed by atoms with E-state index < -0.39 is 0 Å². The number of aryl methyl sites for hydroxylation is 1. The van der Waals surface area contributed by atoms with Crippen LogP contribution in [0, 0.1) is 6.92 Å². The van der Waals surface area contributed by atoms with Gasteiger partial charge in [-0.15, -0.1) is 11.3 Å². The number of ether oxygens (including phenoxy) is 1. The fraction of sp³-hybridized carbons (Fsp3) is 0.333. The van der Waals surface area contributed by atoms with Gasteiger partial charge in [0.25, 0.3) is 5.91 Å². The lowest BCUT2D eigenvalue weighted by atomic mass is 10.2. The van der Waals surface area contributed by atoms with Crippen LogP contribution in [-0.2, 0) is 4.74 Å². The summed E-state index contributed by atoms with van der Waals surface area (Å²) in [6.45, 7) is 2.86. The third kappa shape index (κ3) is 2.44. The van der Waals surface area contributed by atoms with Crippen molar-refractivity contribution in [1.82, 2.24) is 10.3 Å². The van der Waals surface area contributed by atoms with Crippen LogP contribution in [0.1, 0.15) is 15.4 Å². The smallest absolute Gasteiger partial charge is 0.263 e. The van der Waals surface area contributed by atoms with Gasteiger partial charge in [0.2, 0.25) is 0 Å². The van der Waals surface area contributed by atoms with Crippen LogP contribution in [0.2, 0.25) is 0 Å². The van der Waals surface area contributed by atoms with E-state index in [-0.39, 0.29) is 5.91 Å². The molecule has 18 heavy (non-hydrogen) atoms. The Bertz CT molecular complexity index is 580. The third-order valence-electron chi connectivity index (χ3n) is 2.53. The number of nitrogens with one attached hydrogen (secondary N) is 1. The Hall–Kier alpha value is -1.66. The molecule has 2 aromatic rings. The number of nitrogen functional groups attached to an aromatic ring is 1. The number of nitrogens with zero attached hydrogens (tertiary/aromatic N) is 1. The van der Waals surface area contributed by atoms with Crippen LogP contribution in [0.15, 0.2) is 12.1 Å². The second-order valence-electron chi connectivity index (χ2n) is 3.90. The predicted molar refractivity (Wildman–Crippen MR) is 73.0 cm³/mol. The van der Waals surface area contributed by atoms with Gasteiger partial charge in [0.1, 0.15) is 9.71 Å². The van der Waals surface area contributed by atoms with Crippen molar-refractivity contribution in [2.24, 2.45) is 0 Å². The summed E-state index contributed by atoms with van der Waals surface area (Å²) < 4.78 is 4.88. The van der Waals surface area contributed by atoms with Crippen molar-refractivity contribution in [3.8, 4) is 0 Å². The van der Waals surface area contributed by atoms with Gasteiger partial charge in [0.05, 0.1) is 12.3 Å². The van der Waals surface area contributed by atoms with Crippen LogP contribution in [-0.4, -0.2) is 31.2 Å². The van der Waals surface area contributed by atoms with Gasteiger partial charge in [-0.2, -0.15) is 0 Å². The average molecular weight is 265 g/mol. The molecule has 2 rings (SSSR count). The highest BCUT2D eigenvalue weighted by Gasteiger charge is 2.16. The van der Waals surface area contributed by atoms with E-state index in [0.29, 0.717) is 23.7 Å². The number of nitrogens with two attached hydrogens (primary N) is 1. The topological polar surface area (TPSA) is 77.2 Å². The number of carbonyl (C=O) groups excluding carboxylic acids is 1. The van der Waals surface area contributed by atoms with Crippen molar-refractivity contribution in [3.05, 3.63) is 22.7 Å². The van der Waals surface area contributed by atoms with Crippen molar-refractivity contribution in [3.63, 3.8) is 0 Å². The maximum atomic E-state index is 11.9. The van der Waals surface area contributed by atoms with Gasteiger partial charge in [-0.25, -0.2) is 4.98 Å². The van der Waals surface area contributed by atoms with E-state index in [1.54, 1.807) is 7.11 Å². The summed E-state index contributed by atoms with van der Waals surface area (Å²) in [6.07, 6.45) is 0. The first-order valence-corrected chi connectivity index (χ1v) is 6.38. The van der Waals surface area contributed by atoms with E-state index in [2.05, 4.69) is 10.3 Å². The van der Waals surface area contributed by atoms with Crippen molar-refractivity contribution in [2.75, 3.05) is 26.0 Å². The summed E-state index contributed by atoms with van der Waals surface area (Å²) in [5, 5.41) is 3.59. The number of fused-ring (bicyclic) bond motifs is 1. The zero-order valence-electron chi connectivity index (χ0n) is 10.3. The number of aromatic nitrogens is 1. The third-order valence-corrected chi connectivity index (χ3v) is 3.64. The molecule has 0 atom stereocenters. The minimum atomic E-state index is -0.176. The Morgan fingerprint density at radius 2 is 2.33 bits per heavy atom. The highest BCUT2D eigenvalue weighted by Crippen LogP contribution is 2.32. The standard InChI is InChI=1S/C12H15N3O2S/c1-7-3-4-8-9(13)10(18-12(8)15-7)11(16)14-5-6-17-2/h3-4H,5-6,13H2,1-2H3,(H,14,16). The Labute approximate surface area is 109 Å². The first-order chi connectivity index (χ1) is 8.63. The molecule has 0 aromatic carbocycles. The highest BCUT2D eigenvalue weighted by atomic mass is 32.1. The molecular weight excluding hydrogens is 250 g/mol. The number of rotatable bonds is 4. The summed E-state index contributed by atoms with van der Waals surface area (Å²) in [6, 6.07) is 3.79. The number of hydrogen-bond acceptors (Lipinski definition) is 5. The normalized spacial score (nSPS) is 10.8. The molecule has 0 aliphatic rings. The second-order valence-corrected chi connectivity index (χ2v) is 4.90. The van der Waals surface area contributed by atoms with Crippen LogP contribution in [0.5, 0.6) is 0 Å². The Balaban J connectivity index is 2.28. The zero-order valence-corrected chi connectivity index (χ0v) is 11.1. The number of thiophene rings is 1. The lowest BCUT2D eigenvalue weighted by Crippen LogP contribution is -2.26. The van der Waals surface area contributed by atoms with Gasteiger partial charge in [-0.05, 0) is 19.1 Å². The first kappa shape index (κ1) is 12.8. The number of amides is 1. The summed E-state index contributed by atoms with van der Waals surface area (Å²) in [7, 11) is 1.59. The van der Waals surface area contributed by atoms with Crippen LogP contribution < -0.4 is 11.1 Å². The molecule has 0 aliphatic carbocycles. The molecule has 0 aliphatic heterocycles. The molecule has 0 radical (unpaired) electrons. The lowest BCUT2D eigenvalue weighted by Gasteiger charge is -2.02. The Morgan fingerprint density at radius 3 is 3.06 bits per heavy atom. The lowest BCUT2D eigenvalue weighted by molar-refractivity contribution is 0.0942. The molecule has 3 N–H and O–H groups in total. The van der Waals surface area contributed by atoms with E-state index in [0.717, 1.165) is 15.9 Å². The zero-order chi connectivity index (χ0) is 13.1. The molecule has 5 nitrogen and oxygen atoms in total. The first-order valence-electron chi connectivity index (χ1n) is 5.56. The molecule has 0 saturated heterocycles. The minimum absolute atomic E-state index is 0.176. The van der Waals surface area contributed by atoms with Crippen molar-refractivity contribution < 1.29 is 9.53 Å². The number of hydrogen-bond donors (Lipinski definition) is 2. The van der Waals surface area contributed by atoms with E-state index in [1.165, 1.54) is 11.3 Å². The van der Waals surface area contributed by atoms with Gasteiger partial charge >= 0.3 is 0 Å². The van der Waals surface area contributed by atoms with Gasteiger partial charge in [0.15, 0.2) is 0 Å². The minimum Gasteiger partial charge on any atom is -0.397 e. The van der Waals surface area contributed by atoms with E-state index in [9.17, 15) is 4.79 Å². The largest absolute Gasteiger partial charge is 0.397 e. The maximum Gasteiger partial charge on any atom is 0.263 e. The van der Waals surface area contributed by atoms with Crippen molar-refractivity contribution >= 4 is 33.1 Å². The Morgan fingerprint density at radius 1 is 1.56 bits per heavy atom. The molecule has 0 saturated carbocycles. The van der Waals surface area contributed by atoms with Crippen LogP contribution >= 0.6 is 11.3 Å². The molecule has 2 heterocycles. The fourth-order valence-electron chi connectivity index (χ4n) is 1.61. The van der Waals surface area contributed by atoms with Crippen molar-refractivity contribution in [2.45, 2.75) is 6.92 Å². The van der Waals surface area contributed by atoms with Gasteiger partial charge < -0.3 is 15.8 Å². The molecule has 96 valence electrons. The van der Waals surface area contributed by atoms with Crippen LogP contribution in [0.4, 0.5) is 5.69 Å². The molecule has 1 amide bonds. The highest BCUT2D eigenvalue weighted by molar-refractivity contribution is 7.21. The van der Waals surface area contributed by atoms with Gasteiger partial charge in [0, 0.05) is 24.7 Å². The summed E-state index contributed by atoms with van der Waals surface area (Å²) in [5.74, 6) is -0.176. The molecule has 0 bridgehead atoms. The molecule has 2 aromatic heterocycles. The molecule has 0 unspecified atom stereocenters. The SMILES string of the molecule is COCCNC(=O)c1sc2nc(C)ccc2c1N. The molecule has 0 spiro atoms. The second kappa shape index (κ2) is 5.32. The Kier molecular flexibility index (Phi) is 3.78. The predicted octanol–water partition coefficient (Wildman–Crippen LogP) is 1.56. The summed E-state index contributed by atoms with van der Waals surface area (Å²) >= 11 is 1.32. The molecular formula is C12H15N3O2S. The number of pyridine rings is 1. The summed E-state index contributed by atoms with van der Waals surface area (Å²) in [5.41, 5.74) is 7.38. The van der Waals surface area contributed by atoms with E-state index >= 15 is 0 Å². The quantitative estimate of drug-likeness (QED) is 0.822. The number of anilines is 1. The van der Waals surface area contributed by atoms with Crippen molar-refractivity contribution in [1.29, 1.82) is 0 Å². The van der Waals surface area contributed by atoms with E-state index in [4.69, 9.17) is 10.5 Å².